The minimum atomic E-state index is -0.413. The number of likely N-dealkylation sites (N-methyl/N-ethyl adjacent to an activating group) is 1. The van der Waals surface area contributed by atoms with Crippen LogP contribution in [0.25, 0.3) is 0 Å². The summed E-state index contributed by atoms with van der Waals surface area (Å²) in [7, 11) is 4.03. The van der Waals surface area contributed by atoms with Gasteiger partial charge in [0.05, 0.1) is 6.04 Å². The van der Waals surface area contributed by atoms with Crippen LogP contribution in [0.1, 0.15) is 33.6 Å². The molecule has 0 aliphatic carbocycles. The van der Waals surface area contributed by atoms with Crippen LogP contribution in [0.5, 0.6) is 0 Å². The highest BCUT2D eigenvalue weighted by molar-refractivity contribution is 5.82. The molecule has 0 aromatic heterocycles. The summed E-state index contributed by atoms with van der Waals surface area (Å²) in [5, 5.41) is 0. The van der Waals surface area contributed by atoms with E-state index in [4.69, 9.17) is 5.73 Å². The molecule has 1 saturated heterocycles. The zero-order chi connectivity index (χ0) is 13.9. The van der Waals surface area contributed by atoms with E-state index in [1.807, 2.05) is 32.7 Å². The smallest absolute Gasteiger partial charge is 0.239 e. The van der Waals surface area contributed by atoms with Crippen LogP contribution in [0, 0.1) is 11.3 Å². The van der Waals surface area contributed by atoms with E-state index in [0.717, 1.165) is 13.1 Å². The summed E-state index contributed by atoms with van der Waals surface area (Å²) < 4.78 is 0. The molecule has 1 aliphatic heterocycles. The maximum atomic E-state index is 12.2. The quantitative estimate of drug-likeness (QED) is 0.823. The fourth-order valence-corrected chi connectivity index (χ4v) is 2.51. The van der Waals surface area contributed by atoms with Gasteiger partial charge in [0.2, 0.25) is 5.91 Å². The van der Waals surface area contributed by atoms with Crippen LogP contribution in [0.15, 0.2) is 0 Å². The first-order chi connectivity index (χ1) is 8.21. The number of rotatable bonds is 3. The zero-order valence-corrected chi connectivity index (χ0v) is 12.6. The van der Waals surface area contributed by atoms with E-state index < -0.39 is 6.04 Å². The second kappa shape index (κ2) is 6.02. The van der Waals surface area contributed by atoms with Gasteiger partial charge in [-0.3, -0.25) is 4.79 Å². The van der Waals surface area contributed by atoms with Crippen molar-refractivity contribution in [3.63, 3.8) is 0 Å². The Morgan fingerprint density at radius 3 is 2.61 bits per heavy atom. The minimum absolute atomic E-state index is 0.0655. The fourth-order valence-electron chi connectivity index (χ4n) is 2.51. The molecule has 0 bridgehead atoms. The lowest BCUT2D eigenvalue weighted by molar-refractivity contribution is -0.134. The number of piperidine rings is 1. The number of carbonyl (C=O) groups is 1. The molecule has 2 atom stereocenters. The molecule has 2 N–H and O–H groups in total. The van der Waals surface area contributed by atoms with Gasteiger partial charge in [-0.05, 0) is 37.8 Å². The molecular weight excluding hydrogens is 226 g/mol. The Morgan fingerprint density at radius 1 is 1.50 bits per heavy atom. The summed E-state index contributed by atoms with van der Waals surface area (Å²) in [6, 6.07) is -0.413. The number of likely N-dealkylation sites (tertiary alicyclic amines) is 1. The first-order valence-electron chi connectivity index (χ1n) is 6.91. The average molecular weight is 255 g/mol. The lowest BCUT2D eigenvalue weighted by atomic mass is 9.86. The van der Waals surface area contributed by atoms with Crippen molar-refractivity contribution in [3.05, 3.63) is 0 Å². The fraction of sp³-hybridized carbons (Fsp3) is 0.929. The van der Waals surface area contributed by atoms with Crippen LogP contribution in [-0.2, 0) is 4.79 Å². The van der Waals surface area contributed by atoms with Crippen molar-refractivity contribution in [1.82, 2.24) is 9.80 Å². The van der Waals surface area contributed by atoms with Gasteiger partial charge in [-0.1, -0.05) is 20.8 Å². The molecule has 1 heterocycles. The van der Waals surface area contributed by atoms with E-state index in [9.17, 15) is 4.79 Å². The van der Waals surface area contributed by atoms with Crippen molar-refractivity contribution >= 4 is 5.91 Å². The largest absolute Gasteiger partial charge is 0.344 e. The van der Waals surface area contributed by atoms with E-state index in [-0.39, 0.29) is 11.3 Å². The maximum absolute atomic E-state index is 12.2. The Morgan fingerprint density at radius 2 is 2.11 bits per heavy atom. The van der Waals surface area contributed by atoms with Gasteiger partial charge in [-0.25, -0.2) is 0 Å². The van der Waals surface area contributed by atoms with Crippen molar-refractivity contribution < 1.29 is 4.79 Å². The lowest BCUT2D eigenvalue weighted by Gasteiger charge is -2.35. The molecule has 1 fully saturated rings. The summed E-state index contributed by atoms with van der Waals surface area (Å²) >= 11 is 0. The molecular formula is C14H29N3O. The van der Waals surface area contributed by atoms with Gasteiger partial charge in [-0.2, -0.15) is 0 Å². The Hall–Kier alpha value is -0.610. The number of carbonyl (C=O) groups excluding carboxylic acids is 1. The first-order valence-corrected chi connectivity index (χ1v) is 6.91. The second-order valence-electron chi connectivity index (χ2n) is 6.83. The highest BCUT2D eigenvalue weighted by atomic mass is 16.2. The van der Waals surface area contributed by atoms with E-state index in [0.29, 0.717) is 5.92 Å². The molecule has 1 unspecified atom stereocenters. The minimum Gasteiger partial charge on any atom is -0.344 e. The predicted molar refractivity (Wildman–Crippen MR) is 75.3 cm³/mol. The molecule has 0 spiro atoms. The molecule has 4 heteroatoms. The zero-order valence-electron chi connectivity index (χ0n) is 12.6. The molecule has 0 radical (unpaired) electrons. The predicted octanol–water partition coefficient (Wildman–Crippen LogP) is 1.16. The van der Waals surface area contributed by atoms with Gasteiger partial charge in [0.1, 0.15) is 0 Å². The molecule has 0 aromatic carbocycles. The van der Waals surface area contributed by atoms with Crippen LogP contribution in [0.2, 0.25) is 0 Å². The van der Waals surface area contributed by atoms with Crippen LogP contribution in [-0.4, -0.2) is 55.5 Å². The van der Waals surface area contributed by atoms with Gasteiger partial charge in [0, 0.05) is 20.1 Å². The Balaban J connectivity index is 2.49. The molecule has 0 aromatic rings. The lowest BCUT2D eigenvalue weighted by Crippen LogP contribution is -2.51. The van der Waals surface area contributed by atoms with E-state index in [1.165, 1.54) is 19.4 Å². The summed E-state index contributed by atoms with van der Waals surface area (Å²) in [5.74, 6) is 0.653. The average Bonchev–Trinajstić information content (AvgIpc) is 2.25. The Labute approximate surface area is 111 Å². The Bertz CT molecular complexity index is 285. The van der Waals surface area contributed by atoms with Crippen LogP contribution in [0.4, 0.5) is 0 Å². The maximum Gasteiger partial charge on any atom is 0.239 e. The van der Waals surface area contributed by atoms with E-state index >= 15 is 0 Å². The van der Waals surface area contributed by atoms with Crippen molar-refractivity contribution in [1.29, 1.82) is 0 Å². The van der Waals surface area contributed by atoms with Gasteiger partial charge in [-0.15, -0.1) is 0 Å². The normalized spacial score (nSPS) is 23.8. The number of amides is 1. The molecule has 1 amide bonds. The second-order valence-corrected chi connectivity index (χ2v) is 6.83. The van der Waals surface area contributed by atoms with Crippen molar-refractivity contribution in [2.75, 3.05) is 33.7 Å². The summed E-state index contributed by atoms with van der Waals surface area (Å²) in [4.78, 5) is 16.4. The number of nitrogens with zero attached hydrogens (tertiary/aromatic N) is 2. The van der Waals surface area contributed by atoms with Crippen LogP contribution in [0.3, 0.4) is 0 Å². The highest BCUT2D eigenvalue weighted by Gasteiger charge is 2.30. The first kappa shape index (κ1) is 15.4. The summed E-state index contributed by atoms with van der Waals surface area (Å²) in [6.07, 6.45) is 2.45. The van der Waals surface area contributed by atoms with E-state index in [2.05, 4.69) is 11.9 Å². The third-order valence-corrected chi connectivity index (χ3v) is 3.83. The SMILES string of the molecule is CN1CCCC(CN(C)C(=O)[C@@H](N)C(C)(C)C)C1. The molecule has 106 valence electrons. The van der Waals surface area contributed by atoms with Crippen molar-refractivity contribution in [2.45, 2.75) is 39.7 Å². The molecule has 0 saturated carbocycles. The summed E-state index contributed by atoms with van der Waals surface area (Å²) in [6.45, 7) is 9.12. The summed E-state index contributed by atoms with van der Waals surface area (Å²) in [5.41, 5.74) is 5.85. The monoisotopic (exact) mass is 255 g/mol. The number of hydrogen-bond donors (Lipinski definition) is 1. The highest BCUT2D eigenvalue weighted by Crippen LogP contribution is 2.20. The van der Waals surface area contributed by atoms with Gasteiger partial charge < -0.3 is 15.5 Å². The molecule has 1 aliphatic rings. The standard InChI is InChI=1S/C14H29N3O/c1-14(2,3)12(15)13(18)17(5)10-11-7-6-8-16(4)9-11/h11-12H,6-10,15H2,1-5H3/t11?,12-/m1/s1. The molecule has 18 heavy (non-hydrogen) atoms. The molecule has 1 rings (SSSR count). The van der Waals surface area contributed by atoms with E-state index in [1.54, 1.807) is 0 Å². The van der Waals surface area contributed by atoms with Crippen LogP contribution < -0.4 is 5.73 Å². The number of hydrogen-bond acceptors (Lipinski definition) is 3. The van der Waals surface area contributed by atoms with Gasteiger partial charge in [0.25, 0.3) is 0 Å². The van der Waals surface area contributed by atoms with Crippen molar-refractivity contribution in [3.8, 4) is 0 Å². The number of nitrogens with two attached hydrogens (primary N) is 1. The Kier molecular flexibility index (Phi) is 5.17. The third-order valence-electron chi connectivity index (χ3n) is 3.83. The molecule has 4 nitrogen and oxygen atoms in total. The van der Waals surface area contributed by atoms with Crippen LogP contribution >= 0.6 is 0 Å². The van der Waals surface area contributed by atoms with Gasteiger partial charge >= 0.3 is 0 Å². The third kappa shape index (κ3) is 4.25. The topological polar surface area (TPSA) is 49.6 Å². The van der Waals surface area contributed by atoms with Crippen molar-refractivity contribution in [2.24, 2.45) is 17.1 Å². The van der Waals surface area contributed by atoms with Gasteiger partial charge in [0.15, 0.2) is 0 Å².